The second-order valence-corrected chi connectivity index (χ2v) is 7.02. The normalized spacial score (nSPS) is 21.1. The minimum atomic E-state index is -3.39. The highest BCUT2D eigenvalue weighted by molar-refractivity contribution is 5.86. The molecule has 2 N–H and O–H groups in total. The van der Waals surface area contributed by atoms with Crippen molar-refractivity contribution in [1.29, 1.82) is 0 Å². The Balaban J connectivity index is 2.59. The van der Waals surface area contributed by atoms with E-state index in [9.17, 15) is 23.5 Å². The van der Waals surface area contributed by atoms with E-state index in [4.69, 9.17) is 5.11 Å². The van der Waals surface area contributed by atoms with Crippen LogP contribution in [0.4, 0.5) is 8.78 Å². The van der Waals surface area contributed by atoms with Crippen LogP contribution in [0.25, 0.3) is 0 Å². The molecule has 0 aliphatic carbocycles. The van der Waals surface area contributed by atoms with Gasteiger partial charge in [0.15, 0.2) is 0 Å². The Bertz CT molecular complexity index is 595. The monoisotopic (exact) mass is 385 g/mol. The standard InChI is InChI=1S/C20H29F2NO4/c1-3-4-9-15(2)17(24)12-11-16-14-20(21,22)19(27)23(16)13-8-6-5-7-10-18(25)26/h11-12,15-17,24H,5-10,13-14H2,1-2H3,(H,25,26)/b12-11+/t15?,16-,17?/m0/s1. The third-order valence-corrected chi connectivity index (χ3v) is 4.69. The van der Waals surface area contributed by atoms with Crippen molar-refractivity contribution in [2.75, 3.05) is 6.54 Å². The fraction of sp³-hybridized carbons (Fsp3) is 0.700. The van der Waals surface area contributed by atoms with Gasteiger partial charge in [0, 0.05) is 25.8 Å². The maximum Gasteiger partial charge on any atom is 0.327 e. The molecule has 27 heavy (non-hydrogen) atoms. The lowest BCUT2D eigenvalue weighted by molar-refractivity contribution is -0.148. The minimum absolute atomic E-state index is 0.0879. The van der Waals surface area contributed by atoms with E-state index in [1.54, 1.807) is 6.92 Å². The van der Waals surface area contributed by atoms with E-state index >= 15 is 0 Å². The summed E-state index contributed by atoms with van der Waals surface area (Å²) in [5.41, 5.74) is 0. The molecule has 0 bridgehead atoms. The first kappa shape index (κ1) is 23.1. The van der Waals surface area contributed by atoms with Gasteiger partial charge in [0.2, 0.25) is 0 Å². The number of carboxylic acid groups (broad SMARTS) is 1. The summed E-state index contributed by atoms with van der Waals surface area (Å²) in [6.45, 7) is 3.73. The van der Waals surface area contributed by atoms with Crippen molar-refractivity contribution in [3.63, 3.8) is 0 Å². The summed E-state index contributed by atoms with van der Waals surface area (Å²) in [6, 6.07) is -0.745. The highest BCUT2D eigenvalue weighted by atomic mass is 19.3. The van der Waals surface area contributed by atoms with Gasteiger partial charge in [0.05, 0.1) is 12.1 Å². The number of carbonyl (C=O) groups excluding carboxylic acids is 1. The highest BCUT2D eigenvalue weighted by Gasteiger charge is 2.52. The maximum atomic E-state index is 13.8. The molecule has 0 aromatic heterocycles. The smallest absolute Gasteiger partial charge is 0.327 e. The molecule has 0 saturated carbocycles. The van der Waals surface area contributed by atoms with Crippen LogP contribution in [0.5, 0.6) is 0 Å². The zero-order valence-electron chi connectivity index (χ0n) is 16.0. The number of nitrogens with zero attached hydrogens (tertiary/aromatic N) is 1. The number of rotatable bonds is 11. The summed E-state index contributed by atoms with van der Waals surface area (Å²) in [6.07, 6.45) is 4.58. The predicted octanol–water partition coefficient (Wildman–Crippen LogP) is 3.22. The van der Waals surface area contributed by atoms with E-state index in [1.165, 1.54) is 12.2 Å². The average Bonchev–Trinajstić information content (AvgIpc) is 2.82. The van der Waals surface area contributed by atoms with Gasteiger partial charge in [-0.2, -0.15) is 8.78 Å². The van der Waals surface area contributed by atoms with E-state index in [0.717, 1.165) is 4.90 Å². The number of carboxylic acids is 1. The molecule has 3 atom stereocenters. The first-order valence-electron chi connectivity index (χ1n) is 9.35. The Morgan fingerprint density at radius 1 is 1.37 bits per heavy atom. The number of amides is 1. The molecule has 5 nitrogen and oxygen atoms in total. The molecule has 0 spiro atoms. The van der Waals surface area contributed by atoms with Crippen molar-refractivity contribution in [3.05, 3.63) is 12.2 Å². The first-order chi connectivity index (χ1) is 12.7. The van der Waals surface area contributed by atoms with Gasteiger partial charge in [-0.15, -0.1) is 11.8 Å². The second kappa shape index (κ2) is 11.0. The Morgan fingerprint density at radius 2 is 2.04 bits per heavy atom. The molecule has 1 aliphatic heterocycles. The van der Waals surface area contributed by atoms with Crippen LogP contribution in [0.1, 0.15) is 58.8 Å². The molecule has 1 amide bonds. The third kappa shape index (κ3) is 7.67. The summed E-state index contributed by atoms with van der Waals surface area (Å²) < 4.78 is 27.7. The topological polar surface area (TPSA) is 77.8 Å². The van der Waals surface area contributed by atoms with Gasteiger partial charge in [-0.05, 0) is 25.7 Å². The van der Waals surface area contributed by atoms with Crippen molar-refractivity contribution < 1.29 is 28.6 Å². The van der Waals surface area contributed by atoms with E-state index in [2.05, 4.69) is 11.8 Å². The van der Waals surface area contributed by atoms with Crippen molar-refractivity contribution in [2.24, 2.45) is 5.92 Å². The van der Waals surface area contributed by atoms with Crippen LogP contribution >= 0.6 is 0 Å². The SMILES string of the molecule is CC#CCC(C)C(O)/C=C/[C@H]1CC(F)(F)C(=O)N1CCCCCCC(=O)O. The Kier molecular flexibility index (Phi) is 9.44. The molecule has 1 rings (SSSR count). The molecule has 0 aromatic rings. The second-order valence-electron chi connectivity index (χ2n) is 7.02. The quantitative estimate of drug-likeness (QED) is 0.325. The molecule has 152 valence electrons. The molecule has 0 aromatic carbocycles. The highest BCUT2D eigenvalue weighted by Crippen LogP contribution is 2.34. The Hall–Kier alpha value is -1.94. The molecule has 1 fully saturated rings. The number of hydrogen-bond acceptors (Lipinski definition) is 3. The molecule has 1 saturated heterocycles. The van der Waals surface area contributed by atoms with Gasteiger partial charge < -0.3 is 15.1 Å². The van der Waals surface area contributed by atoms with E-state index < -0.39 is 36.4 Å². The zero-order chi connectivity index (χ0) is 20.4. The summed E-state index contributed by atoms with van der Waals surface area (Å²) in [7, 11) is 0. The number of aliphatic carboxylic acids is 1. The lowest BCUT2D eigenvalue weighted by Crippen LogP contribution is -2.36. The molecule has 0 radical (unpaired) electrons. The van der Waals surface area contributed by atoms with Crippen LogP contribution in [0.15, 0.2) is 12.2 Å². The van der Waals surface area contributed by atoms with Crippen LogP contribution in [0.3, 0.4) is 0 Å². The molecular formula is C20H29F2NO4. The fourth-order valence-corrected chi connectivity index (χ4v) is 2.99. The van der Waals surface area contributed by atoms with Gasteiger partial charge in [-0.1, -0.05) is 31.9 Å². The van der Waals surface area contributed by atoms with E-state index in [0.29, 0.717) is 32.1 Å². The number of aliphatic hydroxyl groups excluding tert-OH is 1. The number of unbranched alkanes of at least 4 members (excludes halogenated alkanes) is 3. The van der Waals surface area contributed by atoms with Crippen LogP contribution < -0.4 is 0 Å². The van der Waals surface area contributed by atoms with Crippen molar-refractivity contribution in [3.8, 4) is 11.8 Å². The van der Waals surface area contributed by atoms with E-state index in [-0.39, 0.29) is 18.9 Å². The molecule has 7 heteroatoms. The van der Waals surface area contributed by atoms with Crippen LogP contribution in [0.2, 0.25) is 0 Å². The Morgan fingerprint density at radius 3 is 2.67 bits per heavy atom. The zero-order valence-corrected chi connectivity index (χ0v) is 16.0. The van der Waals surface area contributed by atoms with Gasteiger partial charge in [-0.3, -0.25) is 9.59 Å². The van der Waals surface area contributed by atoms with Crippen molar-refractivity contribution in [2.45, 2.75) is 76.9 Å². The number of likely N-dealkylation sites (tertiary alicyclic amines) is 1. The van der Waals surface area contributed by atoms with Gasteiger partial charge >= 0.3 is 11.9 Å². The number of aliphatic hydroxyl groups is 1. The molecule has 2 unspecified atom stereocenters. The predicted molar refractivity (Wildman–Crippen MR) is 98.2 cm³/mol. The molecule has 1 aliphatic rings. The maximum absolute atomic E-state index is 13.8. The van der Waals surface area contributed by atoms with Gasteiger partial charge in [-0.25, -0.2) is 0 Å². The largest absolute Gasteiger partial charge is 0.481 e. The summed E-state index contributed by atoms with van der Waals surface area (Å²) in [5.74, 6) is 0.0706. The summed E-state index contributed by atoms with van der Waals surface area (Å²) in [4.78, 5) is 23.6. The fourth-order valence-electron chi connectivity index (χ4n) is 2.99. The molecule has 1 heterocycles. The van der Waals surface area contributed by atoms with Crippen LogP contribution in [-0.4, -0.2) is 51.6 Å². The minimum Gasteiger partial charge on any atom is -0.481 e. The number of carbonyl (C=O) groups is 2. The lowest BCUT2D eigenvalue weighted by Gasteiger charge is -2.22. The van der Waals surface area contributed by atoms with Gasteiger partial charge in [0.1, 0.15) is 0 Å². The van der Waals surface area contributed by atoms with Crippen LogP contribution in [-0.2, 0) is 9.59 Å². The third-order valence-electron chi connectivity index (χ3n) is 4.69. The van der Waals surface area contributed by atoms with Crippen molar-refractivity contribution >= 4 is 11.9 Å². The molecular weight excluding hydrogens is 356 g/mol. The number of alkyl halides is 2. The first-order valence-corrected chi connectivity index (χ1v) is 9.35. The van der Waals surface area contributed by atoms with E-state index in [1.807, 2.05) is 6.92 Å². The number of hydrogen-bond donors (Lipinski definition) is 2. The Labute approximate surface area is 159 Å². The van der Waals surface area contributed by atoms with Crippen molar-refractivity contribution in [1.82, 2.24) is 4.90 Å². The van der Waals surface area contributed by atoms with Crippen LogP contribution in [0, 0.1) is 17.8 Å². The number of halogens is 2. The summed E-state index contributed by atoms with van der Waals surface area (Å²) in [5, 5.41) is 18.7. The summed E-state index contributed by atoms with van der Waals surface area (Å²) >= 11 is 0. The lowest BCUT2D eigenvalue weighted by atomic mass is 10.00. The van der Waals surface area contributed by atoms with Gasteiger partial charge in [0.25, 0.3) is 5.91 Å². The average molecular weight is 385 g/mol.